The fourth-order valence-electron chi connectivity index (χ4n) is 2.89. The van der Waals surface area contributed by atoms with E-state index in [1.165, 1.54) is 12.3 Å². The quantitative estimate of drug-likeness (QED) is 0.778. The van der Waals surface area contributed by atoms with Crippen molar-refractivity contribution >= 4 is 16.6 Å². The second kappa shape index (κ2) is 5.95. The van der Waals surface area contributed by atoms with E-state index in [2.05, 4.69) is 15.5 Å². The summed E-state index contributed by atoms with van der Waals surface area (Å²) in [5.41, 5.74) is 2.70. The van der Waals surface area contributed by atoms with Gasteiger partial charge in [-0.15, -0.1) is 0 Å². The Kier molecular flexibility index (Phi) is 3.98. The average molecular weight is 317 g/mol. The Labute approximate surface area is 132 Å². The van der Waals surface area contributed by atoms with Crippen molar-refractivity contribution in [3.63, 3.8) is 0 Å². The topological polar surface area (TPSA) is 51.0 Å². The van der Waals surface area contributed by atoms with Crippen LogP contribution in [0.5, 0.6) is 0 Å². The number of fused-ring (bicyclic) bond motifs is 1. The van der Waals surface area contributed by atoms with Crippen molar-refractivity contribution in [2.45, 2.75) is 26.7 Å². The zero-order valence-electron chi connectivity index (χ0n) is 13.2. The summed E-state index contributed by atoms with van der Waals surface area (Å²) < 4.78 is 32.5. The molecule has 0 radical (unpaired) electrons. The summed E-state index contributed by atoms with van der Waals surface area (Å²) >= 11 is 0. The van der Waals surface area contributed by atoms with E-state index in [1.54, 1.807) is 6.07 Å². The number of aryl methyl sites for hydroxylation is 2. The van der Waals surface area contributed by atoms with Crippen LogP contribution in [-0.2, 0) is 0 Å². The van der Waals surface area contributed by atoms with Gasteiger partial charge in [-0.3, -0.25) is 4.98 Å². The van der Waals surface area contributed by atoms with Crippen LogP contribution in [0.4, 0.5) is 14.5 Å². The number of pyridine rings is 1. The van der Waals surface area contributed by atoms with E-state index < -0.39 is 11.6 Å². The minimum atomic E-state index is -0.664. The van der Waals surface area contributed by atoms with E-state index in [4.69, 9.17) is 4.52 Å². The highest BCUT2D eigenvalue weighted by atomic mass is 19.1. The summed E-state index contributed by atoms with van der Waals surface area (Å²) in [4.78, 5) is 3.98. The Morgan fingerprint density at radius 3 is 2.74 bits per heavy atom. The molecule has 1 aromatic carbocycles. The molecule has 0 spiro atoms. The molecular weight excluding hydrogens is 300 g/mol. The van der Waals surface area contributed by atoms with Crippen LogP contribution in [0.25, 0.3) is 10.9 Å². The smallest absolute Gasteiger partial charge is 0.152 e. The van der Waals surface area contributed by atoms with Gasteiger partial charge >= 0.3 is 0 Å². The lowest BCUT2D eigenvalue weighted by Crippen LogP contribution is -2.11. The van der Waals surface area contributed by atoms with E-state index in [1.807, 2.05) is 20.8 Å². The van der Waals surface area contributed by atoms with Gasteiger partial charge in [0.25, 0.3) is 0 Å². The van der Waals surface area contributed by atoms with Gasteiger partial charge in [0.05, 0.1) is 5.69 Å². The SMILES string of the molecule is Cc1noc(C)c1C(C)CNc1ccnc2c(F)cc(F)cc12. The van der Waals surface area contributed by atoms with Crippen LogP contribution in [0.1, 0.15) is 29.9 Å². The first-order valence-electron chi connectivity index (χ1n) is 7.37. The number of rotatable bonds is 4. The molecule has 1 unspecified atom stereocenters. The van der Waals surface area contributed by atoms with Crippen LogP contribution < -0.4 is 5.32 Å². The molecule has 1 atom stereocenters. The number of hydrogen-bond acceptors (Lipinski definition) is 4. The third-order valence-corrected chi connectivity index (χ3v) is 3.94. The predicted octanol–water partition coefficient (Wildman–Crippen LogP) is 4.33. The monoisotopic (exact) mass is 317 g/mol. The maximum atomic E-state index is 13.8. The van der Waals surface area contributed by atoms with Crippen LogP contribution in [-0.4, -0.2) is 16.7 Å². The molecule has 0 aliphatic carbocycles. The van der Waals surface area contributed by atoms with Crippen molar-refractivity contribution in [2.75, 3.05) is 11.9 Å². The average Bonchev–Trinajstić information content (AvgIpc) is 2.84. The fraction of sp³-hybridized carbons (Fsp3) is 0.294. The van der Waals surface area contributed by atoms with E-state index >= 15 is 0 Å². The van der Waals surface area contributed by atoms with Gasteiger partial charge < -0.3 is 9.84 Å². The Morgan fingerprint density at radius 2 is 2.04 bits per heavy atom. The number of aromatic nitrogens is 2. The van der Waals surface area contributed by atoms with Gasteiger partial charge in [-0.1, -0.05) is 12.1 Å². The van der Waals surface area contributed by atoms with Gasteiger partial charge in [-0.2, -0.15) is 0 Å². The number of nitrogens with one attached hydrogen (secondary N) is 1. The zero-order chi connectivity index (χ0) is 16.6. The molecule has 0 fully saturated rings. The summed E-state index contributed by atoms with van der Waals surface area (Å²) in [6.07, 6.45) is 1.51. The van der Waals surface area contributed by atoms with Crippen LogP contribution in [0.3, 0.4) is 0 Å². The first-order chi connectivity index (χ1) is 11.0. The lowest BCUT2D eigenvalue weighted by molar-refractivity contribution is 0.391. The number of benzene rings is 1. The summed E-state index contributed by atoms with van der Waals surface area (Å²) in [7, 11) is 0. The Morgan fingerprint density at radius 1 is 1.26 bits per heavy atom. The largest absolute Gasteiger partial charge is 0.384 e. The van der Waals surface area contributed by atoms with Crippen LogP contribution >= 0.6 is 0 Å². The van der Waals surface area contributed by atoms with Crippen LogP contribution in [0, 0.1) is 25.5 Å². The van der Waals surface area contributed by atoms with Crippen molar-refractivity contribution in [3.05, 3.63) is 53.0 Å². The summed E-state index contributed by atoms with van der Waals surface area (Å²) in [6.45, 7) is 6.40. The van der Waals surface area contributed by atoms with Gasteiger partial charge in [0.15, 0.2) is 5.82 Å². The first-order valence-corrected chi connectivity index (χ1v) is 7.37. The molecule has 1 N–H and O–H groups in total. The molecule has 0 aliphatic rings. The summed E-state index contributed by atoms with van der Waals surface area (Å²) in [5, 5.41) is 7.62. The molecule has 23 heavy (non-hydrogen) atoms. The molecule has 120 valence electrons. The highest BCUT2D eigenvalue weighted by Crippen LogP contribution is 2.27. The third-order valence-electron chi connectivity index (χ3n) is 3.94. The number of hydrogen-bond donors (Lipinski definition) is 1. The molecule has 3 rings (SSSR count). The molecule has 6 heteroatoms. The van der Waals surface area contributed by atoms with Crippen molar-refractivity contribution in [2.24, 2.45) is 0 Å². The van der Waals surface area contributed by atoms with Crippen molar-refractivity contribution in [3.8, 4) is 0 Å². The molecule has 2 heterocycles. The zero-order valence-corrected chi connectivity index (χ0v) is 13.2. The van der Waals surface area contributed by atoms with Gasteiger partial charge in [0.2, 0.25) is 0 Å². The molecule has 0 amide bonds. The minimum absolute atomic E-state index is 0.142. The lowest BCUT2D eigenvalue weighted by Gasteiger charge is -2.15. The molecule has 4 nitrogen and oxygen atoms in total. The van der Waals surface area contributed by atoms with Crippen molar-refractivity contribution < 1.29 is 13.3 Å². The normalized spacial score (nSPS) is 12.6. The molecule has 2 aromatic heterocycles. The highest BCUT2D eigenvalue weighted by Gasteiger charge is 2.17. The second-order valence-corrected chi connectivity index (χ2v) is 5.66. The maximum Gasteiger partial charge on any atom is 0.152 e. The van der Waals surface area contributed by atoms with Crippen LogP contribution in [0.15, 0.2) is 28.9 Å². The minimum Gasteiger partial charge on any atom is -0.384 e. The van der Waals surface area contributed by atoms with E-state index in [-0.39, 0.29) is 11.4 Å². The van der Waals surface area contributed by atoms with Crippen molar-refractivity contribution in [1.29, 1.82) is 0 Å². The molecule has 0 bridgehead atoms. The number of halogens is 2. The van der Waals surface area contributed by atoms with Gasteiger partial charge in [-0.25, -0.2) is 8.78 Å². The number of anilines is 1. The number of nitrogens with zero attached hydrogens (tertiary/aromatic N) is 2. The summed E-state index contributed by atoms with van der Waals surface area (Å²) in [5.74, 6) is -0.358. The molecule has 0 saturated heterocycles. The molecule has 0 aliphatic heterocycles. The maximum absolute atomic E-state index is 13.8. The van der Waals surface area contributed by atoms with Crippen molar-refractivity contribution in [1.82, 2.24) is 10.1 Å². The van der Waals surface area contributed by atoms with E-state index in [9.17, 15) is 8.78 Å². The predicted molar refractivity (Wildman–Crippen MR) is 84.5 cm³/mol. The Balaban J connectivity index is 1.88. The molecule has 0 saturated carbocycles. The Bertz CT molecular complexity index is 841. The van der Waals surface area contributed by atoms with Gasteiger partial charge in [0.1, 0.15) is 17.1 Å². The van der Waals surface area contributed by atoms with E-state index in [0.717, 1.165) is 23.1 Å². The van der Waals surface area contributed by atoms with Crippen LogP contribution in [0.2, 0.25) is 0 Å². The second-order valence-electron chi connectivity index (χ2n) is 5.66. The van der Waals surface area contributed by atoms with Gasteiger partial charge in [0, 0.05) is 41.4 Å². The Hall–Kier alpha value is -2.50. The molecular formula is C17H17F2N3O. The van der Waals surface area contributed by atoms with Gasteiger partial charge in [-0.05, 0) is 26.0 Å². The standard InChI is InChI=1S/C17H17F2N3O/c1-9(16-10(2)22-23-11(16)3)8-21-15-4-5-20-17-13(15)6-12(18)7-14(17)19/h4-7,9H,8H2,1-3H3,(H,20,21). The molecule has 3 aromatic rings. The lowest BCUT2D eigenvalue weighted by atomic mass is 9.99. The highest BCUT2D eigenvalue weighted by molar-refractivity contribution is 5.91. The van der Waals surface area contributed by atoms with E-state index in [0.29, 0.717) is 17.6 Å². The third kappa shape index (κ3) is 2.88. The summed E-state index contributed by atoms with van der Waals surface area (Å²) in [6, 6.07) is 3.83. The first kappa shape index (κ1) is 15.4. The fourth-order valence-corrected chi connectivity index (χ4v) is 2.89.